The molecule has 0 fully saturated rings. The second kappa shape index (κ2) is 4.59. The molecule has 0 saturated heterocycles. The van der Waals surface area contributed by atoms with Crippen LogP contribution in [0.2, 0.25) is 0 Å². The monoisotopic (exact) mass is 184 g/mol. The maximum Gasteiger partial charge on any atom is 0.103 e. The zero-order valence-electron chi connectivity index (χ0n) is 9.05. The van der Waals surface area contributed by atoms with Gasteiger partial charge in [0, 0.05) is 6.42 Å². The molecule has 3 nitrogen and oxygen atoms in total. The summed E-state index contributed by atoms with van der Waals surface area (Å²) in [5, 5.41) is 8.65. The molecule has 0 aliphatic carbocycles. The summed E-state index contributed by atoms with van der Waals surface area (Å²) in [6.07, 6.45) is 1.54. The summed E-state index contributed by atoms with van der Waals surface area (Å²) >= 11 is 0. The minimum Gasteiger partial charge on any atom is -0.375 e. The number of rotatable bonds is 5. The first-order valence-electron chi connectivity index (χ1n) is 4.67. The highest BCUT2D eigenvalue weighted by molar-refractivity contribution is 5.00. The summed E-state index contributed by atoms with van der Waals surface area (Å²) in [7, 11) is 0. The highest BCUT2D eigenvalue weighted by Gasteiger charge is 2.20. The van der Waals surface area contributed by atoms with Crippen LogP contribution in [0.5, 0.6) is 0 Å². The molecule has 2 N–H and O–H groups in total. The zero-order chi connectivity index (χ0) is 10.5. The molecule has 0 aromatic carbocycles. The van der Waals surface area contributed by atoms with Gasteiger partial charge in [0.1, 0.15) is 5.54 Å². The maximum atomic E-state index is 8.65. The second-order valence-electron chi connectivity index (χ2n) is 4.24. The van der Waals surface area contributed by atoms with Crippen molar-refractivity contribution < 1.29 is 4.74 Å². The SMILES string of the molecule is CCC(C)(C)OCCC(C)(N)C#N. The van der Waals surface area contributed by atoms with Crippen LogP contribution in [0.1, 0.15) is 40.5 Å². The first-order valence-corrected chi connectivity index (χ1v) is 4.67. The number of hydrogen-bond donors (Lipinski definition) is 1. The van der Waals surface area contributed by atoms with Crippen LogP contribution in [0.15, 0.2) is 0 Å². The third-order valence-electron chi connectivity index (χ3n) is 2.22. The summed E-state index contributed by atoms with van der Waals surface area (Å²) in [5.41, 5.74) is 4.78. The quantitative estimate of drug-likeness (QED) is 0.709. The average Bonchev–Trinajstić information content (AvgIpc) is 2.04. The van der Waals surface area contributed by atoms with Crippen molar-refractivity contribution in [2.75, 3.05) is 6.61 Å². The molecule has 0 spiro atoms. The fourth-order valence-electron chi connectivity index (χ4n) is 0.697. The fraction of sp³-hybridized carbons (Fsp3) is 0.900. The highest BCUT2D eigenvalue weighted by Crippen LogP contribution is 2.15. The zero-order valence-corrected chi connectivity index (χ0v) is 9.05. The summed E-state index contributed by atoms with van der Waals surface area (Å²) in [6.45, 7) is 8.41. The molecular formula is C10H20N2O. The van der Waals surface area contributed by atoms with E-state index in [1.165, 1.54) is 0 Å². The van der Waals surface area contributed by atoms with Crippen molar-refractivity contribution in [3.63, 3.8) is 0 Å². The number of nitriles is 1. The smallest absolute Gasteiger partial charge is 0.103 e. The molecule has 1 unspecified atom stereocenters. The van der Waals surface area contributed by atoms with Gasteiger partial charge in [-0.05, 0) is 27.2 Å². The lowest BCUT2D eigenvalue weighted by Gasteiger charge is -2.25. The van der Waals surface area contributed by atoms with Crippen LogP contribution < -0.4 is 5.73 Å². The Hall–Kier alpha value is -0.590. The molecule has 0 radical (unpaired) electrons. The number of nitrogens with zero attached hydrogens (tertiary/aromatic N) is 1. The summed E-state index contributed by atoms with van der Waals surface area (Å²) in [6, 6.07) is 2.04. The molecule has 0 aromatic heterocycles. The van der Waals surface area contributed by atoms with Gasteiger partial charge in [0.15, 0.2) is 0 Å². The number of ether oxygens (including phenoxy) is 1. The molecular weight excluding hydrogens is 164 g/mol. The van der Waals surface area contributed by atoms with Crippen LogP contribution in [0.25, 0.3) is 0 Å². The Kier molecular flexibility index (Phi) is 4.38. The predicted molar refractivity (Wildman–Crippen MR) is 53.1 cm³/mol. The first kappa shape index (κ1) is 12.4. The topological polar surface area (TPSA) is 59.0 Å². The third-order valence-corrected chi connectivity index (χ3v) is 2.22. The summed E-state index contributed by atoms with van der Waals surface area (Å²) < 4.78 is 5.59. The molecule has 0 aliphatic rings. The van der Waals surface area contributed by atoms with Crippen molar-refractivity contribution in [2.24, 2.45) is 5.73 Å². The van der Waals surface area contributed by atoms with Crippen molar-refractivity contribution in [1.29, 1.82) is 5.26 Å². The van der Waals surface area contributed by atoms with E-state index in [4.69, 9.17) is 15.7 Å². The molecule has 0 saturated carbocycles. The van der Waals surface area contributed by atoms with Gasteiger partial charge in [-0.25, -0.2) is 0 Å². The van der Waals surface area contributed by atoms with E-state index in [2.05, 4.69) is 6.92 Å². The molecule has 0 heterocycles. The Morgan fingerprint density at radius 2 is 1.92 bits per heavy atom. The van der Waals surface area contributed by atoms with Crippen LogP contribution in [-0.4, -0.2) is 17.7 Å². The van der Waals surface area contributed by atoms with Gasteiger partial charge >= 0.3 is 0 Å². The minimum absolute atomic E-state index is 0.106. The first-order chi connectivity index (χ1) is 5.83. The van der Waals surface area contributed by atoms with Gasteiger partial charge in [0.2, 0.25) is 0 Å². The van der Waals surface area contributed by atoms with E-state index in [0.717, 1.165) is 6.42 Å². The Balaban J connectivity index is 3.76. The number of hydrogen-bond acceptors (Lipinski definition) is 3. The second-order valence-corrected chi connectivity index (χ2v) is 4.24. The van der Waals surface area contributed by atoms with Gasteiger partial charge in [-0.3, -0.25) is 0 Å². The fourth-order valence-corrected chi connectivity index (χ4v) is 0.697. The van der Waals surface area contributed by atoms with E-state index in [9.17, 15) is 0 Å². The van der Waals surface area contributed by atoms with Crippen LogP contribution in [0.3, 0.4) is 0 Å². The van der Waals surface area contributed by atoms with Gasteiger partial charge in [-0.15, -0.1) is 0 Å². The molecule has 76 valence electrons. The van der Waals surface area contributed by atoms with Gasteiger partial charge in [-0.1, -0.05) is 6.92 Å². The van der Waals surface area contributed by atoms with Crippen molar-refractivity contribution in [1.82, 2.24) is 0 Å². The van der Waals surface area contributed by atoms with Crippen molar-refractivity contribution >= 4 is 0 Å². The van der Waals surface area contributed by atoms with Crippen LogP contribution >= 0.6 is 0 Å². The minimum atomic E-state index is -0.760. The van der Waals surface area contributed by atoms with Gasteiger partial charge in [-0.2, -0.15) is 5.26 Å². The third kappa shape index (κ3) is 5.62. The lowest BCUT2D eigenvalue weighted by molar-refractivity contribution is -0.0244. The normalized spacial score (nSPS) is 16.3. The molecule has 0 rings (SSSR count). The molecule has 1 atom stereocenters. The Morgan fingerprint density at radius 1 is 1.38 bits per heavy atom. The van der Waals surface area contributed by atoms with Crippen molar-refractivity contribution in [2.45, 2.75) is 51.7 Å². The van der Waals surface area contributed by atoms with Crippen LogP contribution in [-0.2, 0) is 4.74 Å². The van der Waals surface area contributed by atoms with E-state index in [1.54, 1.807) is 6.92 Å². The average molecular weight is 184 g/mol. The number of nitrogens with two attached hydrogens (primary N) is 1. The molecule has 0 bridgehead atoms. The lowest BCUT2D eigenvalue weighted by atomic mass is 10.0. The molecule has 0 aromatic rings. The Bertz CT molecular complexity index is 192. The van der Waals surface area contributed by atoms with E-state index >= 15 is 0 Å². The Morgan fingerprint density at radius 3 is 2.31 bits per heavy atom. The summed E-state index contributed by atoms with van der Waals surface area (Å²) in [4.78, 5) is 0. The maximum absolute atomic E-state index is 8.65. The van der Waals surface area contributed by atoms with Crippen LogP contribution in [0.4, 0.5) is 0 Å². The van der Waals surface area contributed by atoms with E-state index < -0.39 is 5.54 Å². The predicted octanol–water partition coefficient (Wildman–Crippen LogP) is 1.82. The molecule has 0 amide bonds. The van der Waals surface area contributed by atoms with Gasteiger partial charge in [0.25, 0.3) is 0 Å². The lowest BCUT2D eigenvalue weighted by Crippen LogP contribution is -2.36. The van der Waals surface area contributed by atoms with Crippen molar-refractivity contribution in [3.8, 4) is 6.07 Å². The standard InChI is InChI=1S/C10H20N2O/c1-5-9(2,3)13-7-6-10(4,12)8-11/h5-7,12H2,1-4H3. The van der Waals surface area contributed by atoms with Gasteiger partial charge < -0.3 is 10.5 Å². The molecule has 3 heteroatoms. The Labute approximate surface area is 80.9 Å². The van der Waals surface area contributed by atoms with E-state index in [1.807, 2.05) is 19.9 Å². The van der Waals surface area contributed by atoms with E-state index in [0.29, 0.717) is 13.0 Å². The van der Waals surface area contributed by atoms with E-state index in [-0.39, 0.29) is 5.60 Å². The molecule has 0 aliphatic heterocycles. The van der Waals surface area contributed by atoms with Gasteiger partial charge in [0.05, 0.1) is 18.3 Å². The van der Waals surface area contributed by atoms with Crippen molar-refractivity contribution in [3.05, 3.63) is 0 Å². The van der Waals surface area contributed by atoms with Crippen LogP contribution in [0, 0.1) is 11.3 Å². The largest absolute Gasteiger partial charge is 0.375 e. The highest BCUT2D eigenvalue weighted by atomic mass is 16.5. The molecule has 13 heavy (non-hydrogen) atoms. The summed E-state index contributed by atoms with van der Waals surface area (Å²) in [5.74, 6) is 0.